The first-order valence-electron chi connectivity index (χ1n) is 11.4. The van der Waals surface area contributed by atoms with Crippen molar-refractivity contribution in [1.29, 1.82) is 0 Å². The van der Waals surface area contributed by atoms with E-state index in [4.69, 9.17) is 9.72 Å². The van der Waals surface area contributed by atoms with Crippen LogP contribution in [-0.4, -0.2) is 50.3 Å². The molecule has 2 aromatic rings. The number of fused-ring (bicyclic) bond motifs is 1. The van der Waals surface area contributed by atoms with Crippen LogP contribution in [0.15, 0.2) is 42.5 Å². The number of carbonyl (C=O) groups is 1. The Kier molecular flexibility index (Phi) is 4.30. The molecule has 4 aliphatic rings. The highest BCUT2D eigenvalue weighted by atomic mass is 16.5. The third-order valence-corrected chi connectivity index (χ3v) is 7.49. The zero-order valence-corrected chi connectivity index (χ0v) is 17.2. The summed E-state index contributed by atoms with van der Waals surface area (Å²) in [6.45, 7) is 0.690. The van der Waals surface area contributed by atoms with Gasteiger partial charge in [-0.2, -0.15) is 5.10 Å². The monoisotopic (exact) mass is 404 g/mol. The summed E-state index contributed by atoms with van der Waals surface area (Å²) >= 11 is 0. The summed E-state index contributed by atoms with van der Waals surface area (Å²) in [5.41, 5.74) is 0.809. The smallest absolute Gasteiger partial charge is 0.230 e. The minimum absolute atomic E-state index is 0.0854. The maximum absolute atomic E-state index is 13.5. The number of aryl methyl sites for hydroxylation is 2. The number of nitrogens with one attached hydrogen (secondary N) is 1. The quantitative estimate of drug-likeness (QED) is 0.777. The average molecular weight is 405 g/mol. The number of aromatic nitrogens is 3. The molecule has 3 fully saturated rings. The van der Waals surface area contributed by atoms with E-state index in [2.05, 4.69) is 51.5 Å². The SMILES string of the molecule is O=C1[C@H]2[C@@H](c3n[nH]c(CCc4ccccc4)n3)[C@H]3C=C[C@]2(CN1C1CCCCC1)O3. The number of benzene rings is 1. The molecule has 3 aliphatic heterocycles. The molecule has 1 spiro atoms. The summed E-state index contributed by atoms with van der Waals surface area (Å²) in [5, 5.41) is 7.65. The predicted octanol–water partition coefficient (Wildman–Crippen LogP) is 3.17. The van der Waals surface area contributed by atoms with Crippen LogP contribution in [0.5, 0.6) is 0 Å². The predicted molar refractivity (Wildman–Crippen MR) is 112 cm³/mol. The Bertz CT molecular complexity index is 965. The zero-order valence-electron chi connectivity index (χ0n) is 17.2. The van der Waals surface area contributed by atoms with Crippen molar-refractivity contribution in [3.63, 3.8) is 0 Å². The maximum atomic E-state index is 13.5. The molecule has 2 bridgehead atoms. The fourth-order valence-electron chi connectivity index (χ4n) is 6.00. The highest BCUT2D eigenvalue weighted by Gasteiger charge is 2.66. The van der Waals surface area contributed by atoms with Crippen molar-refractivity contribution >= 4 is 5.91 Å². The Morgan fingerprint density at radius 1 is 1.13 bits per heavy atom. The third-order valence-electron chi connectivity index (χ3n) is 7.49. The molecule has 1 aromatic carbocycles. The number of amides is 1. The van der Waals surface area contributed by atoms with Gasteiger partial charge in [0, 0.05) is 12.5 Å². The normalized spacial score (nSPS) is 32.9. The molecule has 1 N–H and O–H groups in total. The first kappa shape index (κ1) is 18.3. The first-order valence-corrected chi connectivity index (χ1v) is 11.4. The van der Waals surface area contributed by atoms with Crippen molar-refractivity contribution in [1.82, 2.24) is 20.1 Å². The third kappa shape index (κ3) is 2.84. The van der Waals surface area contributed by atoms with Crippen molar-refractivity contribution in [3.8, 4) is 0 Å². The van der Waals surface area contributed by atoms with Crippen LogP contribution in [0, 0.1) is 5.92 Å². The summed E-state index contributed by atoms with van der Waals surface area (Å²) < 4.78 is 6.41. The molecule has 30 heavy (non-hydrogen) atoms. The lowest BCUT2D eigenvalue weighted by molar-refractivity contribution is -0.134. The summed E-state index contributed by atoms with van der Waals surface area (Å²) in [7, 11) is 0. The first-order chi connectivity index (χ1) is 14.7. The molecule has 4 atom stereocenters. The highest BCUT2D eigenvalue weighted by Crippen LogP contribution is 2.55. The van der Waals surface area contributed by atoms with E-state index >= 15 is 0 Å². The molecule has 4 heterocycles. The van der Waals surface area contributed by atoms with E-state index in [9.17, 15) is 4.79 Å². The van der Waals surface area contributed by atoms with E-state index in [-0.39, 0.29) is 23.8 Å². The van der Waals surface area contributed by atoms with Crippen LogP contribution < -0.4 is 0 Å². The average Bonchev–Trinajstić information content (AvgIpc) is 3.55. The van der Waals surface area contributed by atoms with E-state index < -0.39 is 5.60 Å². The highest BCUT2D eigenvalue weighted by molar-refractivity contribution is 5.86. The van der Waals surface area contributed by atoms with Crippen molar-refractivity contribution in [2.24, 2.45) is 5.92 Å². The van der Waals surface area contributed by atoms with Crippen LogP contribution in [0.25, 0.3) is 0 Å². The summed E-state index contributed by atoms with van der Waals surface area (Å²) in [4.78, 5) is 20.4. The Labute approximate surface area is 176 Å². The van der Waals surface area contributed by atoms with E-state index in [1.165, 1.54) is 24.8 Å². The van der Waals surface area contributed by atoms with Crippen molar-refractivity contribution in [3.05, 3.63) is 59.7 Å². The second-order valence-electron chi connectivity index (χ2n) is 9.28. The fraction of sp³-hybridized carbons (Fsp3) is 0.542. The number of carbonyl (C=O) groups excluding carboxylic acids is 1. The molecule has 6 rings (SSSR count). The summed E-state index contributed by atoms with van der Waals surface area (Å²) in [5.74, 6) is 1.58. The van der Waals surface area contributed by atoms with E-state index in [1.54, 1.807) is 0 Å². The van der Waals surface area contributed by atoms with E-state index in [0.29, 0.717) is 12.6 Å². The van der Waals surface area contributed by atoms with Gasteiger partial charge in [-0.15, -0.1) is 0 Å². The van der Waals surface area contributed by atoms with Crippen LogP contribution in [0.4, 0.5) is 0 Å². The van der Waals surface area contributed by atoms with Gasteiger partial charge < -0.3 is 9.64 Å². The molecule has 0 unspecified atom stereocenters. The van der Waals surface area contributed by atoms with Gasteiger partial charge in [-0.25, -0.2) is 4.98 Å². The molecule has 1 aliphatic carbocycles. The molecule has 6 nitrogen and oxygen atoms in total. The van der Waals surface area contributed by atoms with Crippen molar-refractivity contribution in [2.45, 2.75) is 68.6 Å². The van der Waals surface area contributed by atoms with E-state index in [1.807, 2.05) is 6.07 Å². The van der Waals surface area contributed by atoms with Gasteiger partial charge in [0.05, 0.1) is 24.5 Å². The molecule has 1 saturated carbocycles. The molecule has 6 heteroatoms. The Hall–Kier alpha value is -2.47. The number of nitrogens with zero attached hydrogens (tertiary/aromatic N) is 3. The molecule has 156 valence electrons. The zero-order chi connectivity index (χ0) is 20.1. The lowest BCUT2D eigenvalue weighted by atomic mass is 9.77. The van der Waals surface area contributed by atoms with Gasteiger partial charge in [0.1, 0.15) is 11.4 Å². The van der Waals surface area contributed by atoms with Gasteiger partial charge in [-0.1, -0.05) is 61.7 Å². The molecule has 0 radical (unpaired) electrons. The van der Waals surface area contributed by atoms with Gasteiger partial charge in [0.2, 0.25) is 5.91 Å². The van der Waals surface area contributed by atoms with Crippen molar-refractivity contribution < 1.29 is 9.53 Å². The standard InChI is InChI=1S/C24H28N4O2/c29-23-21-20(22-25-19(26-27-22)12-11-16-7-3-1-4-8-16)18-13-14-24(21,30-18)15-28(23)17-9-5-2-6-10-17/h1,3-4,7-8,13-14,17-18,20-21H,2,5-6,9-12,15H2,(H,25,26,27)/t18-,20+,21-,24-/m1/s1. The van der Waals surface area contributed by atoms with Crippen LogP contribution in [-0.2, 0) is 22.4 Å². The van der Waals surface area contributed by atoms with Crippen LogP contribution in [0.3, 0.4) is 0 Å². The Morgan fingerprint density at radius 2 is 1.97 bits per heavy atom. The minimum Gasteiger partial charge on any atom is -0.360 e. The van der Waals surface area contributed by atoms with Gasteiger partial charge in [-0.05, 0) is 24.8 Å². The second-order valence-corrected chi connectivity index (χ2v) is 9.28. The molecule has 2 saturated heterocycles. The van der Waals surface area contributed by atoms with Crippen LogP contribution in [0.1, 0.15) is 55.2 Å². The number of rotatable bonds is 5. The number of ether oxygens (including phenoxy) is 1. The van der Waals surface area contributed by atoms with Gasteiger partial charge >= 0.3 is 0 Å². The molecule has 1 aromatic heterocycles. The number of hydrogen-bond donors (Lipinski definition) is 1. The van der Waals surface area contributed by atoms with Crippen molar-refractivity contribution in [2.75, 3.05) is 6.54 Å². The van der Waals surface area contributed by atoms with Gasteiger partial charge in [0.25, 0.3) is 0 Å². The molecular formula is C24H28N4O2. The topological polar surface area (TPSA) is 71.1 Å². The number of hydrogen-bond acceptors (Lipinski definition) is 4. The van der Waals surface area contributed by atoms with Crippen LogP contribution >= 0.6 is 0 Å². The molecule has 1 amide bonds. The summed E-state index contributed by atoms with van der Waals surface area (Å²) in [6, 6.07) is 10.8. The minimum atomic E-state index is -0.477. The lowest BCUT2D eigenvalue weighted by Crippen LogP contribution is -2.41. The van der Waals surface area contributed by atoms with E-state index in [0.717, 1.165) is 37.3 Å². The Morgan fingerprint density at radius 3 is 2.80 bits per heavy atom. The van der Waals surface area contributed by atoms with Gasteiger partial charge in [-0.3, -0.25) is 9.89 Å². The fourth-order valence-corrected chi connectivity index (χ4v) is 6.00. The molecular weight excluding hydrogens is 376 g/mol. The second kappa shape index (κ2) is 7.05. The Balaban J connectivity index is 1.22. The number of H-pyrrole nitrogens is 1. The van der Waals surface area contributed by atoms with Gasteiger partial charge in [0.15, 0.2) is 5.82 Å². The summed E-state index contributed by atoms with van der Waals surface area (Å²) in [6.07, 6.45) is 11.9. The maximum Gasteiger partial charge on any atom is 0.230 e. The van der Waals surface area contributed by atoms with Crippen LogP contribution in [0.2, 0.25) is 0 Å². The number of likely N-dealkylation sites (tertiary alicyclic amines) is 1. The largest absolute Gasteiger partial charge is 0.360 e. The number of aromatic amines is 1. The lowest BCUT2D eigenvalue weighted by Gasteiger charge is -2.32.